The van der Waals surface area contributed by atoms with E-state index in [4.69, 9.17) is 4.98 Å². The molecule has 11 aromatic rings. The van der Waals surface area contributed by atoms with Gasteiger partial charge in [0.15, 0.2) is 0 Å². The maximum atomic E-state index is 14.1. The van der Waals surface area contributed by atoms with Gasteiger partial charge < -0.3 is 4.98 Å². The van der Waals surface area contributed by atoms with E-state index in [-0.39, 0.29) is 11.2 Å². The van der Waals surface area contributed by atoms with Crippen LogP contribution in [0.4, 0.5) is 13.2 Å². The summed E-state index contributed by atoms with van der Waals surface area (Å²) in [4.78, 5) is 13.9. The van der Waals surface area contributed by atoms with Gasteiger partial charge in [-0.2, -0.15) is 13.2 Å². The number of pyridine rings is 1. The lowest BCUT2D eigenvalue weighted by molar-refractivity contribution is -0.137. The molecule has 0 saturated heterocycles. The number of alkyl halides is 3. The molecule has 5 nitrogen and oxygen atoms in total. The fraction of sp³-hybridized carbons (Fsp3) is 0.0943. The molecule has 0 fully saturated rings. The van der Waals surface area contributed by atoms with Crippen molar-refractivity contribution >= 4 is 54.6 Å². The smallest absolute Gasteiger partial charge is 0.354 e. The molecule has 0 amide bonds. The van der Waals surface area contributed by atoms with E-state index in [9.17, 15) is 13.2 Å². The number of hydrogen-bond acceptors (Lipinski definition) is 2. The number of imidazole rings is 1. The molecule has 296 valence electrons. The van der Waals surface area contributed by atoms with Crippen molar-refractivity contribution in [3.05, 3.63) is 192 Å². The predicted molar refractivity (Wildman–Crippen MR) is 242 cm³/mol. The van der Waals surface area contributed by atoms with Crippen LogP contribution in [0.5, 0.6) is 0 Å². The molecule has 0 saturated carbocycles. The SMILES string of the molecule is Cc1c(-c2cccc3c2nc(-c2cc(C(C)(C)c4ccccc4)cc4c2[nH]c2ccccc24)n3-c2ccccc2)ccc2c3ccccc3n(-c3cc(C(F)(F)F)ccn3)c12. The Balaban J connectivity index is 1.21. The van der Waals surface area contributed by atoms with Gasteiger partial charge in [-0.15, -0.1) is 0 Å². The molecule has 0 radical (unpaired) electrons. The lowest BCUT2D eigenvalue weighted by Gasteiger charge is -2.27. The number of H-pyrrole nitrogens is 1. The molecule has 0 bridgehead atoms. The first-order valence-electron chi connectivity index (χ1n) is 20.3. The third-order valence-corrected chi connectivity index (χ3v) is 12.5. The molecule has 4 aromatic heterocycles. The van der Waals surface area contributed by atoms with Gasteiger partial charge in [-0.25, -0.2) is 9.97 Å². The van der Waals surface area contributed by atoms with E-state index in [0.717, 1.165) is 106 Å². The molecule has 0 aliphatic heterocycles. The van der Waals surface area contributed by atoms with Crippen molar-refractivity contribution in [2.75, 3.05) is 0 Å². The highest BCUT2D eigenvalue weighted by atomic mass is 19.4. The first kappa shape index (κ1) is 36.6. The molecular formula is C53H38F3N5. The minimum absolute atomic E-state index is 0.204. The van der Waals surface area contributed by atoms with Crippen molar-refractivity contribution in [1.29, 1.82) is 0 Å². The van der Waals surface area contributed by atoms with Crippen molar-refractivity contribution in [2.24, 2.45) is 0 Å². The summed E-state index contributed by atoms with van der Waals surface area (Å²) in [5, 5.41) is 4.12. The molecule has 11 rings (SSSR count). The van der Waals surface area contributed by atoms with Crippen molar-refractivity contribution in [1.82, 2.24) is 24.1 Å². The minimum atomic E-state index is -4.52. The number of benzene rings is 7. The minimum Gasteiger partial charge on any atom is -0.354 e. The quantitative estimate of drug-likeness (QED) is 0.182. The summed E-state index contributed by atoms with van der Waals surface area (Å²) in [6, 6.07) is 54.3. The second kappa shape index (κ2) is 13.5. The normalized spacial score (nSPS) is 12.4. The molecule has 0 spiro atoms. The number of para-hydroxylation sites is 4. The maximum absolute atomic E-state index is 14.1. The molecule has 61 heavy (non-hydrogen) atoms. The van der Waals surface area contributed by atoms with Crippen LogP contribution in [0.2, 0.25) is 0 Å². The van der Waals surface area contributed by atoms with E-state index in [2.05, 4.69) is 138 Å². The van der Waals surface area contributed by atoms with Gasteiger partial charge in [-0.05, 0) is 83.8 Å². The topological polar surface area (TPSA) is 51.4 Å². The molecule has 0 aliphatic carbocycles. The summed E-state index contributed by atoms with van der Waals surface area (Å²) in [5.41, 5.74) is 11.3. The van der Waals surface area contributed by atoms with Crippen LogP contribution in [-0.4, -0.2) is 24.1 Å². The summed E-state index contributed by atoms with van der Waals surface area (Å²) in [5.74, 6) is 0.993. The zero-order chi connectivity index (χ0) is 41.6. The third-order valence-electron chi connectivity index (χ3n) is 12.5. The summed E-state index contributed by atoms with van der Waals surface area (Å²) in [6.45, 7) is 6.58. The number of aromatic amines is 1. The largest absolute Gasteiger partial charge is 0.416 e. The Bertz CT molecular complexity index is 3500. The Kier molecular flexibility index (Phi) is 8.13. The summed E-state index contributed by atoms with van der Waals surface area (Å²) in [6.07, 6.45) is -3.28. The van der Waals surface area contributed by atoms with Gasteiger partial charge in [0.25, 0.3) is 0 Å². The fourth-order valence-electron chi connectivity index (χ4n) is 9.31. The molecule has 0 unspecified atom stereocenters. The van der Waals surface area contributed by atoms with Crippen LogP contribution in [0.15, 0.2) is 170 Å². The number of nitrogens with zero attached hydrogens (tertiary/aromatic N) is 4. The Hall–Kier alpha value is -7.45. The Morgan fingerprint density at radius 2 is 1.25 bits per heavy atom. The average molecular weight is 802 g/mol. The third kappa shape index (κ3) is 5.70. The van der Waals surface area contributed by atoms with E-state index in [1.54, 1.807) is 0 Å². The standard InChI is InChI=1S/C53H38F3N5/c1-32-37(25-26-41-39-20-11-13-23-45(39)61(50(32)41)47-31-34(27-28-57-47)53(54,55)56)40-21-14-24-46-49(40)59-51(60(46)36-17-8-5-9-18-36)43-30-35(52(2,3)33-15-6-4-7-16-33)29-42-38-19-10-12-22-44(38)58-48(42)43/h4-31,58H,1-3H3. The monoisotopic (exact) mass is 801 g/mol. The number of nitrogens with one attached hydrogen (secondary N) is 1. The van der Waals surface area contributed by atoms with Crippen molar-refractivity contribution in [3.8, 4) is 34.0 Å². The van der Waals surface area contributed by atoms with E-state index in [1.165, 1.54) is 11.8 Å². The molecule has 0 atom stereocenters. The van der Waals surface area contributed by atoms with Crippen molar-refractivity contribution in [3.63, 3.8) is 0 Å². The number of fused-ring (bicyclic) bond motifs is 7. The molecule has 0 aliphatic rings. The van der Waals surface area contributed by atoms with Crippen LogP contribution < -0.4 is 0 Å². The first-order valence-corrected chi connectivity index (χ1v) is 20.3. The highest BCUT2D eigenvalue weighted by Crippen LogP contribution is 2.44. The van der Waals surface area contributed by atoms with Gasteiger partial charge in [-0.3, -0.25) is 9.13 Å². The fourth-order valence-corrected chi connectivity index (χ4v) is 9.31. The van der Waals surface area contributed by atoms with Crippen LogP contribution in [0.25, 0.3) is 88.7 Å². The number of aryl methyl sites for hydroxylation is 1. The molecule has 7 aromatic carbocycles. The average Bonchev–Trinajstić information content (AvgIpc) is 3.97. The van der Waals surface area contributed by atoms with E-state index in [1.807, 2.05) is 54.0 Å². The van der Waals surface area contributed by atoms with Crippen LogP contribution in [0, 0.1) is 6.92 Å². The van der Waals surface area contributed by atoms with Gasteiger partial charge in [0, 0.05) is 55.5 Å². The molecular weight excluding hydrogens is 764 g/mol. The second-order valence-corrected chi connectivity index (χ2v) is 16.3. The Morgan fingerprint density at radius 3 is 2.03 bits per heavy atom. The van der Waals surface area contributed by atoms with Gasteiger partial charge in [0.1, 0.15) is 11.6 Å². The van der Waals surface area contributed by atoms with Crippen LogP contribution in [0.3, 0.4) is 0 Å². The molecule has 1 N–H and O–H groups in total. The lowest BCUT2D eigenvalue weighted by Crippen LogP contribution is -2.19. The van der Waals surface area contributed by atoms with Gasteiger partial charge in [0.2, 0.25) is 0 Å². The summed E-state index contributed by atoms with van der Waals surface area (Å²) >= 11 is 0. The highest BCUT2D eigenvalue weighted by Gasteiger charge is 2.32. The maximum Gasteiger partial charge on any atom is 0.416 e. The van der Waals surface area contributed by atoms with Crippen LogP contribution >= 0.6 is 0 Å². The van der Waals surface area contributed by atoms with E-state index in [0.29, 0.717) is 0 Å². The lowest BCUT2D eigenvalue weighted by atomic mass is 9.77. The Morgan fingerprint density at radius 1 is 0.541 bits per heavy atom. The summed E-state index contributed by atoms with van der Waals surface area (Å²) in [7, 11) is 0. The number of halogens is 3. The zero-order valence-electron chi connectivity index (χ0n) is 33.6. The number of rotatable bonds is 6. The van der Waals surface area contributed by atoms with Crippen molar-refractivity contribution < 1.29 is 13.2 Å². The van der Waals surface area contributed by atoms with Gasteiger partial charge in [0.05, 0.1) is 33.1 Å². The molecule has 4 heterocycles. The van der Waals surface area contributed by atoms with E-state index >= 15 is 0 Å². The van der Waals surface area contributed by atoms with Crippen LogP contribution in [0.1, 0.15) is 36.1 Å². The van der Waals surface area contributed by atoms with E-state index < -0.39 is 11.7 Å². The zero-order valence-corrected chi connectivity index (χ0v) is 33.6. The second-order valence-electron chi connectivity index (χ2n) is 16.3. The number of hydrogen-bond donors (Lipinski definition) is 1. The van der Waals surface area contributed by atoms with Gasteiger partial charge in [-0.1, -0.05) is 123 Å². The number of aromatic nitrogens is 5. The first-order chi connectivity index (χ1) is 29.6. The van der Waals surface area contributed by atoms with Crippen molar-refractivity contribution in [2.45, 2.75) is 32.4 Å². The predicted octanol–water partition coefficient (Wildman–Crippen LogP) is 14.1. The van der Waals surface area contributed by atoms with Crippen LogP contribution in [-0.2, 0) is 11.6 Å². The molecule has 8 heteroatoms. The van der Waals surface area contributed by atoms with Gasteiger partial charge >= 0.3 is 6.18 Å². The highest BCUT2D eigenvalue weighted by molar-refractivity contribution is 6.14. The Labute approximate surface area is 349 Å². The summed E-state index contributed by atoms with van der Waals surface area (Å²) < 4.78 is 46.3.